The van der Waals surface area contributed by atoms with Crippen LogP contribution in [0.15, 0.2) is 42.5 Å². The van der Waals surface area contributed by atoms with E-state index in [4.69, 9.17) is 9.47 Å². The van der Waals surface area contributed by atoms with Crippen molar-refractivity contribution in [3.05, 3.63) is 59.2 Å². The van der Waals surface area contributed by atoms with Gasteiger partial charge in [-0.15, -0.1) is 0 Å². The van der Waals surface area contributed by atoms with Crippen LogP contribution in [0.1, 0.15) is 44.4 Å². The minimum Gasteiger partial charge on any atom is -0.486 e. The number of nitrogens with one attached hydrogen (secondary N) is 2. The van der Waals surface area contributed by atoms with Crippen LogP contribution in [0.4, 0.5) is 4.79 Å². The van der Waals surface area contributed by atoms with E-state index in [2.05, 4.69) is 26.1 Å². The molecule has 2 N–H and O–H groups in total. The van der Waals surface area contributed by atoms with Gasteiger partial charge in [0.15, 0.2) is 18.2 Å². The summed E-state index contributed by atoms with van der Waals surface area (Å²) in [5.74, 6) is 1.26. The molecule has 7 nitrogen and oxygen atoms in total. The van der Waals surface area contributed by atoms with Crippen LogP contribution >= 0.6 is 0 Å². The second-order valence-electron chi connectivity index (χ2n) is 9.89. The van der Waals surface area contributed by atoms with Gasteiger partial charge in [-0.1, -0.05) is 45.0 Å². The van der Waals surface area contributed by atoms with Crippen LogP contribution in [0.5, 0.6) is 11.5 Å². The molecular weight excluding hydrogens is 406 g/mol. The van der Waals surface area contributed by atoms with Gasteiger partial charge in [0.2, 0.25) is 0 Å². The van der Waals surface area contributed by atoms with Gasteiger partial charge in [0, 0.05) is 5.56 Å². The molecule has 1 fully saturated rings. The molecule has 1 saturated heterocycles. The van der Waals surface area contributed by atoms with Gasteiger partial charge >= 0.3 is 6.03 Å². The summed E-state index contributed by atoms with van der Waals surface area (Å²) in [4.78, 5) is 28.3. The van der Waals surface area contributed by atoms with Gasteiger partial charge in [-0.25, -0.2) is 9.69 Å². The smallest absolute Gasteiger partial charge is 0.329 e. The number of nitrogens with zero attached hydrogens (tertiary/aromatic N) is 1. The van der Waals surface area contributed by atoms with E-state index in [-0.39, 0.29) is 24.0 Å². The van der Waals surface area contributed by atoms with Crippen LogP contribution < -0.4 is 19.7 Å². The third-order valence-corrected chi connectivity index (χ3v) is 6.14. The quantitative estimate of drug-likeness (QED) is 0.702. The van der Waals surface area contributed by atoms with E-state index in [1.165, 1.54) is 10.5 Å². The molecule has 2 aliphatic rings. The Kier molecular flexibility index (Phi) is 5.63. The molecule has 2 atom stereocenters. The van der Waals surface area contributed by atoms with E-state index < -0.39 is 5.54 Å². The van der Waals surface area contributed by atoms with Crippen molar-refractivity contribution in [2.75, 3.05) is 26.9 Å². The third kappa shape index (κ3) is 4.17. The molecule has 1 unspecified atom stereocenters. The number of ether oxygens (including phenoxy) is 2. The Morgan fingerprint density at radius 2 is 1.69 bits per heavy atom. The van der Waals surface area contributed by atoms with Crippen LogP contribution in [0.3, 0.4) is 0 Å². The molecule has 4 rings (SSSR count). The number of carbonyl (C=O) groups excluding carboxylic acids is 2. The Bertz CT molecular complexity index is 1030. The minimum absolute atomic E-state index is 0.0221. The van der Waals surface area contributed by atoms with Crippen molar-refractivity contribution < 1.29 is 24.0 Å². The largest absolute Gasteiger partial charge is 0.486 e. The van der Waals surface area contributed by atoms with Crippen LogP contribution in [-0.4, -0.2) is 43.8 Å². The first-order valence-electron chi connectivity index (χ1n) is 11.0. The number of quaternary nitrogens is 1. The molecule has 0 aromatic heterocycles. The Balaban J connectivity index is 1.45. The van der Waals surface area contributed by atoms with Gasteiger partial charge in [-0.05, 0) is 41.7 Å². The summed E-state index contributed by atoms with van der Waals surface area (Å²) in [5.41, 5.74) is 1.98. The molecule has 2 aromatic carbocycles. The van der Waals surface area contributed by atoms with Crippen molar-refractivity contribution >= 4 is 11.9 Å². The van der Waals surface area contributed by atoms with E-state index in [9.17, 15) is 9.59 Å². The summed E-state index contributed by atoms with van der Waals surface area (Å²) < 4.78 is 11.2. The maximum absolute atomic E-state index is 13.3. The van der Waals surface area contributed by atoms with Crippen LogP contribution in [-0.2, 0) is 22.3 Å². The van der Waals surface area contributed by atoms with Crippen molar-refractivity contribution in [3.8, 4) is 11.5 Å². The summed E-state index contributed by atoms with van der Waals surface area (Å²) in [5, 5.41) is 2.90. The van der Waals surface area contributed by atoms with Crippen molar-refractivity contribution in [1.29, 1.82) is 0 Å². The number of hydrogen-bond donors (Lipinski definition) is 2. The molecule has 170 valence electrons. The zero-order valence-electron chi connectivity index (χ0n) is 19.5. The lowest BCUT2D eigenvalue weighted by molar-refractivity contribution is -0.901. The number of rotatable bonds is 5. The molecule has 2 heterocycles. The van der Waals surface area contributed by atoms with Gasteiger partial charge in [-0.3, -0.25) is 4.79 Å². The van der Waals surface area contributed by atoms with Crippen molar-refractivity contribution in [1.82, 2.24) is 10.2 Å². The van der Waals surface area contributed by atoms with Crippen LogP contribution in [0.2, 0.25) is 0 Å². The Hall–Kier alpha value is -3.06. The zero-order chi connectivity index (χ0) is 23.1. The number of hydrogen-bond acceptors (Lipinski definition) is 4. The first-order chi connectivity index (χ1) is 15.1. The van der Waals surface area contributed by atoms with Crippen LogP contribution in [0.25, 0.3) is 0 Å². The van der Waals surface area contributed by atoms with E-state index >= 15 is 0 Å². The van der Waals surface area contributed by atoms with Crippen LogP contribution in [0, 0.1) is 0 Å². The monoisotopic (exact) mass is 438 g/mol. The van der Waals surface area contributed by atoms with Gasteiger partial charge < -0.3 is 19.7 Å². The number of urea groups is 1. The molecule has 32 heavy (non-hydrogen) atoms. The molecule has 0 radical (unpaired) electrons. The SMILES string of the molecule is C[NH+](Cc1ccc2c(c1)OCCO2)CN1C(=O)N[C@](C)(c2ccc(C(C)(C)C)cc2)C1=O. The fraction of sp³-hybridized carbons (Fsp3) is 0.440. The molecule has 0 aliphatic carbocycles. The Labute approximate surface area is 189 Å². The predicted octanol–water partition coefficient (Wildman–Crippen LogP) is 2.19. The summed E-state index contributed by atoms with van der Waals surface area (Å²) in [6.45, 7) is 10.2. The predicted molar refractivity (Wildman–Crippen MR) is 121 cm³/mol. The van der Waals surface area contributed by atoms with E-state index in [1.807, 2.05) is 49.5 Å². The summed E-state index contributed by atoms with van der Waals surface area (Å²) in [7, 11) is 1.96. The minimum atomic E-state index is -1.06. The lowest BCUT2D eigenvalue weighted by Gasteiger charge is -2.25. The topological polar surface area (TPSA) is 72.3 Å². The Morgan fingerprint density at radius 1 is 1.03 bits per heavy atom. The average molecular weight is 439 g/mol. The van der Waals surface area contributed by atoms with Gasteiger partial charge in [0.25, 0.3) is 5.91 Å². The molecular formula is C25H32N3O4+. The molecule has 2 aliphatic heterocycles. The molecule has 0 spiro atoms. The van der Waals surface area contributed by atoms with E-state index in [1.54, 1.807) is 6.92 Å². The van der Waals surface area contributed by atoms with E-state index in [0.717, 1.165) is 27.5 Å². The lowest BCUT2D eigenvalue weighted by atomic mass is 9.84. The van der Waals surface area contributed by atoms with Gasteiger partial charge in [0.1, 0.15) is 25.3 Å². The fourth-order valence-corrected chi connectivity index (χ4v) is 4.21. The second kappa shape index (κ2) is 8.13. The first-order valence-corrected chi connectivity index (χ1v) is 11.0. The summed E-state index contributed by atoms with van der Waals surface area (Å²) in [6.07, 6.45) is 0. The molecule has 0 saturated carbocycles. The van der Waals surface area contributed by atoms with Crippen molar-refractivity contribution in [3.63, 3.8) is 0 Å². The first kappa shape index (κ1) is 22.1. The van der Waals surface area contributed by atoms with Gasteiger partial charge in [-0.2, -0.15) is 0 Å². The maximum atomic E-state index is 13.3. The zero-order valence-corrected chi connectivity index (χ0v) is 19.5. The maximum Gasteiger partial charge on any atom is 0.329 e. The molecule has 2 aromatic rings. The fourth-order valence-electron chi connectivity index (χ4n) is 4.21. The average Bonchev–Trinajstić information content (AvgIpc) is 2.97. The van der Waals surface area contributed by atoms with Gasteiger partial charge in [0.05, 0.1) is 7.05 Å². The Morgan fingerprint density at radius 3 is 2.34 bits per heavy atom. The highest BCUT2D eigenvalue weighted by atomic mass is 16.6. The lowest BCUT2D eigenvalue weighted by Crippen LogP contribution is -3.09. The number of carbonyl (C=O) groups is 2. The van der Waals surface area contributed by atoms with Crippen molar-refractivity contribution in [2.45, 2.75) is 45.2 Å². The standard InChI is InChI=1S/C25H31N3O4/c1-24(2,3)18-7-9-19(10-8-18)25(4)22(29)28(23(30)26-25)16-27(5)15-17-6-11-20-21(14-17)32-13-12-31-20/h6-11,14H,12-13,15-16H2,1-5H3,(H,26,30)/p+1/t25-/m1/s1. The highest BCUT2D eigenvalue weighted by molar-refractivity contribution is 6.07. The number of benzene rings is 2. The second-order valence-corrected chi connectivity index (χ2v) is 9.89. The highest BCUT2D eigenvalue weighted by Crippen LogP contribution is 2.32. The summed E-state index contributed by atoms with van der Waals surface area (Å²) >= 11 is 0. The highest BCUT2D eigenvalue weighted by Gasteiger charge is 2.50. The number of imide groups is 1. The molecule has 7 heteroatoms. The third-order valence-electron chi connectivity index (χ3n) is 6.14. The number of fused-ring (bicyclic) bond motifs is 1. The number of amides is 3. The molecule has 3 amide bonds. The normalized spacial score (nSPS) is 21.5. The molecule has 0 bridgehead atoms. The van der Waals surface area contributed by atoms with E-state index in [0.29, 0.717) is 19.8 Å². The van der Waals surface area contributed by atoms with Crippen molar-refractivity contribution in [2.24, 2.45) is 0 Å². The summed E-state index contributed by atoms with van der Waals surface area (Å²) in [6, 6.07) is 13.4.